The fourth-order valence-corrected chi connectivity index (χ4v) is 4.60. The van der Waals surface area contributed by atoms with E-state index in [1.165, 1.54) is 41.3 Å². The lowest BCUT2D eigenvalue weighted by atomic mass is 9.94. The van der Waals surface area contributed by atoms with Gasteiger partial charge in [0.05, 0.1) is 9.79 Å². The van der Waals surface area contributed by atoms with Crippen LogP contribution in [0.1, 0.15) is 32.1 Å². The average molecular weight is 376 g/mol. The summed E-state index contributed by atoms with van der Waals surface area (Å²) in [6.45, 7) is 0. The van der Waals surface area contributed by atoms with Crippen molar-refractivity contribution in [3.63, 3.8) is 0 Å². The van der Waals surface area contributed by atoms with Crippen molar-refractivity contribution >= 4 is 21.6 Å². The van der Waals surface area contributed by atoms with Crippen LogP contribution in [0, 0.1) is 5.82 Å². The molecule has 26 heavy (non-hydrogen) atoms. The van der Waals surface area contributed by atoms with Crippen LogP contribution in [0.2, 0.25) is 0 Å². The summed E-state index contributed by atoms with van der Waals surface area (Å²) in [5.41, 5.74) is 0.398. The number of hydrogen-bond donors (Lipinski definition) is 0. The Kier molecular flexibility index (Phi) is 5.27. The molecule has 1 aliphatic carbocycles. The molecule has 1 amide bonds. The van der Waals surface area contributed by atoms with Crippen molar-refractivity contribution in [1.82, 2.24) is 0 Å². The smallest absolute Gasteiger partial charge is 0.206 e. The van der Waals surface area contributed by atoms with E-state index in [0.29, 0.717) is 5.69 Å². The van der Waals surface area contributed by atoms with E-state index in [-0.39, 0.29) is 15.8 Å². The van der Waals surface area contributed by atoms with E-state index in [1.54, 1.807) is 0 Å². The highest BCUT2D eigenvalue weighted by molar-refractivity contribution is 7.91. The highest BCUT2D eigenvalue weighted by Gasteiger charge is 2.23. The molecule has 2 aromatic carbocycles. The Labute approximate surface area is 152 Å². The molecule has 3 rings (SSSR count). The minimum atomic E-state index is -3.79. The number of carbonyl (C=O) groups is 1. The Morgan fingerprint density at radius 3 is 1.92 bits per heavy atom. The number of carbonyl (C=O) groups excluding carboxylic acids is 1. The Morgan fingerprint density at radius 2 is 1.42 bits per heavy atom. The Hall–Kier alpha value is -2.41. The lowest BCUT2D eigenvalue weighted by Gasteiger charge is -2.36. The van der Waals surface area contributed by atoms with Gasteiger partial charge in [-0.1, -0.05) is 19.3 Å². The first-order chi connectivity index (χ1) is 12.4. The minimum absolute atomic E-state index is 0.0179. The third kappa shape index (κ3) is 3.72. The summed E-state index contributed by atoms with van der Waals surface area (Å²) >= 11 is 0. The van der Waals surface area contributed by atoms with Gasteiger partial charge in [0.2, 0.25) is 9.84 Å². The van der Waals surface area contributed by atoms with E-state index >= 15 is 0 Å². The molecule has 1 saturated carbocycles. The molecule has 0 bridgehead atoms. The number of benzene rings is 2. The van der Waals surface area contributed by atoms with Crippen LogP contribution in [0.5, 0.6) is 0 Å². The quantitative estimate of drug-likeness (QED) is 0.768. The van der Waals surface area contributed by atoms with Gasteiger partial charge in [0.25, 0.3) is 0 Å². The third-order valence-corrected chi connectivity index (χ3v) is 6.47. The lowest BCUT2D eigenvalue weighted by molar-refractivity contribution is -0.247. The van der Waals surface area contributed by atoms with Crippen LogP contribution < -0.4 is 10.0 Å². The molecule has 0 N–H and O–H groups in total. The second-order valence-corrected chi connectivity index (χ2v) is 8.33. The summed E-state index contributed by atoms with van der Waals surface area (Å²) in [6, 6.07) is 10.1. The van der Waals surface area contributed by atoms with E-state index in [2.05, 4.69) is 0 Å². The number of anilines is 1. The van der Waals surface area contributed by atoms with Gasteiger partial charge in [-0.15, -0.1) is 0 Å². The highest BCUT2D eigenvalue weighted by atomic mass is 32.2. The monoisotopic (exact) mass is 376 g/mol. The maximum Gasteiger partial charge on any atom is 0.206 e. The highest BCUT2D eigenvalue weighted by Crippen LogP contribution is 2.29. The van der Waals surface area contributed by atoms with E-state index in [9.17, 15) is 22.7 Å². The zero-order chi connectivity index (χ0) is 18.7. The normalized spacial score (nSPS) is 15.6. The maximum absolute atomic E-state index is 13.0. The summed E-state index contributed by atoms with van der Waals surface area (Å²) < 4.78 is 38.2. The molecule has 5 nitrogen and oxygen atoms in total. The summed E-state index contributed by atoms with van der Waals surface area (Å²) in [5, 5.41) is 11.6. The summed E-state index contributed by atoms with van der Waals surface area (Å²) in [5.74, 6) is -0.517. The van der Waals surface area contributed by atoms with Crippen LogP contribution in [0.4, 0.5) is 14.9 Å². The zero-order valence-corrected chi connectivity index (χ0v) is 14.9. The number of rotatable bonds is 4. The van der Waals surface area contributed by atoms with Crippen molar-refractivity contribution in [2.75, 3.05) is 4.90 Å². The molecule has 7 heteroatoms. The van der Waals surface area contributed by atoms with Gasteiger partial charge in [0.15, 0.2) is 0 Å². The molecule has 138 valence electrons. The van der Waals surface area contributed by atoms with Crippen molar-refractivity contribution < 1.29 is 22.7 Å². The Bertz CT molecular complexity index is 873. The molecule has 1 fully saturated rings. The number of halogens is 1. The molecular formula is C19H19FNO4S-. The SMILES string of the molecule is O=C([O-])N(c1ccc(S(=O)(=O)c2ccc(F)cc2)cc1)C1CCCCC1. The zero-order valence-electron chi connectivity index (χ0n) is 14.1. The van der Waals surface area contributed by atoms with Crippen molar-refractivity contribution in [3.05, 3.63) is 54.3 Å². The molecule has 0 aromatic heterocycles. The van der Waals surface area contributed by atoms with Crippen LogP contribution in [0.15, 0.2) is 58.3 Å². The van der Waals surface area contributed by atoms with Gasteiger partial charge in [-0.25, -0.2) is 12.8 Å². The molecule has 0 radical (unpaired) electrons. The van der Waals surface area contributed by atoms with Gasteiger partial charge in [0.1, 0.15) is 11.9 Å². The van der Waals surface area contributed by atoms with Crippen LogP contribution in [0.25, 0.3) is 0 Å². The number of carboxylic acid groups (broad SMARTS) is 1. The van der Waals surface area contributed by atoms with Gasteiger partial charge in [0, 0.05) is 11.7 Å². The van der Waals surface area contributed by atoms with Gasteiger partial charge in [-0.2, -0.15) is 0 Å². The predicted octanol–water partition coefficient (Wildman–Crippen LogP) is 3.14. The first-order valence-corrected chi connectivity index (χ1v) is 9.99. The molecule has 0 unspecified atom stereocenters. The fraction of sp³-hybridized carbons (Fsp3) is 0.316. The number of amides is 1. The van der Waals surface area contributed by atoms with Crippen LogP contribution in [-0.2, 0) is 9.84 Å². The third-order valence-electron chi connectivity index (χ3n) is 4.69. The standard InChI is InChI=1S/C19H20FNO4S/c20-14-6-10-17(11-7-14)26(24,25)18-12-8-16(9-13-18)21(19(22)23)15-4-2-1-3-5-15/h6-13,15H,1-5H2,(H,22,23)/p-1. The first-order valence-electron chi connectivity index (χ1n) is 8.50. The molecule has 0 heterocycles. The van der Waals surface area contributed by atoms with Crippen molar-refractivity contribution in [2.24, 2.45) is 0 Å². The van der Waals surface area contributed by atoms with E-state index in [0.717, 1.165) is 44.2 Å². The predicted molar refractivity (Wildman–Crippen MR) is 93.0 cm³/mol. The molecule has 2 aromatic rings. The second-order valence-electron chi connectivity index (χ2n) is 6.38. The van der Waals surface area contributed by atoms with Gasteiger partial charge in [-0.05, 0) is 61.4 Å². The molecule has 1 aliphatic rings. The fourth-order valence-electron chi connectivity index (χ4n) is 3.34. The molecule has 0 atom stereocenters. The topological polar surface area (TPSA) is 77.5 Å². The Balaban J connectivity index is 1.89. The second kappa shape index (κ2) is 7.45. The average Bonchev–Trinajstić information content (AvgIpc) is 2.63. The summed E-state index contributed by atoms with van der Waals surface area (Å²) in [4.78, 5) is 12.8. The van der Waals surface area contributed by atoms with Crippen LogP contribution in [-0.4, -0.2) is 20.6 Å². The molecule has 0 spiro atoms. The number of sulfone groups is 1. The van der Waals surface area contributed by atoms with Crippen LogP contribution in [0.3, 0.4) is 0 Å². The largest absolute Gasteiger partial charge is 0.530 e. The van der Waals surface area contributed by atoms with Gasteiger partial charge >= 0.3 is 0 Å². The van der Waals surface area contributed by atoms with Crippen molar-refractivity contribution in [2.45, 2.75) is 47.9 Å². The Morgan fingerprint density at radius 1 is 0.923 bits per heavy atom. The summed E-state index contributed by atoms with van der Waals surface area (Å²) in [6.07, 6.45) is 3.27. The number of hydrogen-bond acceptors (Lipinski definition) is 4. The van der Waals surface area contributed by atoms with Crippen LogP contribution >= 0.6 is 0 Å². The minimum Gasteiger partial charge on any atom is -0.530 e. The lowest BCUT2D eigenvalue weighted by Crippen LogP contribution is -2.48. The maximum atomic E-state index is 13.0. The van der Waals surface area contributed by atoms with Gasteiger partial charge < -0.3 is 14.8 Å². The number of nitrogens with zero attached hydrogens (tertiary/aromatic N) is 1. The van der Waals surface area contributed by atoms with Crippen molar-refractivity contribution in [3.8, 4) is 0 Å². The summed E-state index contributed by atoms with van der Waals surface area (Å²) in [7, 11) is -3.79. The van der Waals surface area contributed by atoms with Gasteiger partial charge in [-0.3, -0.25) is 0 Å². The first kappa shape index (κ1) is 18.4. The van der Waals surface area contributed by atoms with E-state index in [4.69, 9.17) is 0 Å². The molecule has 0 saturated heterocycles. The van der Waals surface area contributed by atoms with Crippen molar-refractivity contribution in [1.29, 1.82) is 0 Å². The molecule has 0 aliphatic heterocycles. The van der Waals surface area contributed by atoms with E-state index in [1.807, 2.05) is 0 Å². The van der Waals surface area contributed by atoms with E-state index < -0.39 is 21.7 Å². The molecular weight excluding hydrogens is 357 g/mol.